The molecule has 0 bridgehead atoms. The molecule has 0 saturated carbocycles. The summed E-state index contributed by atoms with van der Waals surface area (Å²) in [5.74, 6) is 1.32. The quantitative estimate of drug-likeness (QED) is 0.356. The molecule has 2 fully saturated rings. The smallest absolute Gasteiger partial charge is 0.243 e. The maximum atomic E-state index is 12.0. The Morgan fingerprint density at radius 2 is 2.07 bits per heavy atom. The summed E-state index contributed by atoms with van der Waals surface area (Å²) in [6.45, 7) is 6.06. The third kappa shape index (κ3) is 7.18. The number of hydrogen-bond acceptors (Lipinski definition) is 4. The van der Waals surface area contributed by atoms with E-state index in [0.717, 1.165) is 69.0 Å². The van der Waals surface area contributed by atoms with E-state index in [1.54, 1.807) is 19.0 Å². The van der Waals surface area contributed by atoms with Crippen LogP contribution in [0.3, 0.4) is 0 Å². The lowest BCUT2D eigenvalue weighted by Gasteiger charge is -2.38. The zero-order valence-corrected chi connectivity index (χ0v) is 20.2. The summed E-state index contributed by atoms with van der Waals surface area (Å²) in [5.41, 5.74) is 1.14. The van der Waals surface area contributed by atoms with Crippen molar-refractivity contribution in [3.63, 3.8) is 0 Å². The summed E-state index contributed by atoms with van der Waals surface area (Å²) in [7, 11) is 3.51. The topological polar surface area (TPSA) is 60.4 Å². The molecular formula is C20H31ClIN5O2. The Morgan fingerprint density at radius 1 is 1.31 bits per heavy atom. The van der Waals surface area contributed by atoms with E-state index in [-0.39, 0.29) is 36.4 Å². The molecule has 1 atom stereocenters. The molecule has 29 heavy (non-hydrogen) atoms. The minimum Gasteiger partial charge on any atom is -0.381 e. The lowest BCUT2D eigenvalue weighted by atomic mass is 10.1. The number of piperazine rings is 1. The molecule has 162 valence electrons. The van der Waals surface area contributed by atoms with E-state index in [2.05, 4.69) is 26.2 Å². The van der Waals surface area contributed by atoms with Crippen molar-refractivity contribution in [3.05, 3.63) is 29.3 Å². The van der Waals surface area contributed by atoms with Crippen LogP contribution in [0.4, 0.5) is 5.69 Å². The Morgan fingerprint density at radius 3 is 2.69 bits per heavy atom. The summed E-state index contributed by atoms with van der Waals surface area (Å²) in [6, 6.07) is 7.96. The van der Waals surface area contributed by atoms with Crippen molar-refractivity contribution in [2.24, 2.45) is 10.9 Å². The van der Waals surface area contributed by atoms with Crippen LogP contribution in [-0.2, 0) is 9.53 Å². The monoisotopic (exact) mass is 535 g/mol. The molecule has 2 heterocycles. The maximum absolute atomic E-state index is 12.0. The van der Waals surface area contributed by atoms with Crippen molar-refractivity contribution in [1.29, 1.82) is 0 Å². The normalized spacial score (nSPS) is 19.7. The number of guanidine groups is 1. The summed E-state index contributed by atoms with van der Waals surface area (Å²) < 4.78 is 5.47. The van der Waals surface area contributed by atoms with E-state index >= 15 is 0 Å². The van der Waals surface area contributed by atoms with Gasteiger partial charge in [0.15, 0.2) is 5.96 Å². The average Bonchev–Trinajstić information content (AvgIpc) is 3.21. The van der Waals surface area contributed by atoms with Crippen molar-refractivity contribution < 1.29 is 9.53 Å². The molecule has 2 saturated heterocycles. The Labute approximate surface area is 195 Å². The lowest BCUT2D eigenvalue weighted by molar-refractivity contribution is -0.127. The molecule has 1 aromatic rings. The molecule has 9 heteroatoms. The van der Waals surface area contributed by atoms with E-state index in [1.165, 1.54) is 0 Å². The second-order valence-electron chi connectivity index (χ2n) is 7.49. The summed E-state index contributed by atoms with van der Waals surface area (Å²) in [5, 5.41) is 4.23. The van der Waals surface area contributed by atoms with Crippen LogP contribution in [0, 0.1) is 5.92 Å². The fraction of sp³-hybridized carbons (Fsp3) is 0.600. The van der Waals surface area contributed by atoms with Crippen LogP contribution in [0.2, 0.25) is 5.02 Å². The standard InChI is InChI=1S/C20H30ClN5O2.HI/c1-24(2)19(27)14-23-20(22-13-16-6-11-28-15-16)26-9-7-25(8-10-26)18-5-3-4-17(21)12-18;/h3-5,12,16H,6-11,13-15H2,1-2H3,(H,22,23);1H. The number of nitrogens with zero attached hydrogens (tertiary/aromatic N) is 4. The number of carbonyl (C=O) groups is 1. The largest absolute Gasteiger partial charge is 0.381 e. The molecular weight excluding hydrogens is 505 g/mol. The van der Waals surface area contributed by atoms with Gasteiger partial charge in [0.2, 0.25) is 5.91 Å². The van der Waals surface area contributed by atoms with Crippen LogP contribution in [0.25, 0.3) is 0 Å². The Hall–Kier alpha value is -1.26. The fourth-order valence-corrected chi connectivity index (χ4v) is 3.57. The molecule has 1 N–H and O–H groups in total. The summed E-state index contributed by atoms with van der Waals surface area (Å²) >= 11 is 6.13. The number of nitrogens with one attached hydrogen (secondary N) is 1. The first-order valence-electron chi connectivity index (χ1n) is 9.84. The zero-order chi connectivity index (χ0) is 19.9. The second kappa shape index (κ2) is 11.8. The van der Waals surface area contributed by atoms with Crippen molar-refractivity contribution >= 4 is 53.1 Å². The number of benzene rings is 1. The van der Waals surface area contributed by atoms with Gasteiger partial charge in [-0.1, -0.05) is 17.7 Å². The number of likely N-dealkylation sites (N-methyl/N-ethyl adjacent to an activating group) is 1. The highest BCUT2D eigenvalue weighted by Crippen LogP contribution is 2.21. The van der Waals surface area contributed by atoms with E-state index < -0.39 is 0 Å². The number of halogens is 2. The van der Waals surface area contributed by atoms with E-state index in [4.69, 9.17) is 16.3 Å². The van der Waals surface area contributed by atoms with Gasteiger partial charge >= 0.3 is 0 Å². The van der Waals surface area contributed by atoms with Crippen LogP contribution in [-0.4, -0.2) is 88.2 Å². The number of anilines is 1. The Balaban J connectivity index is 0.00000300. The van der Waals surface area contributed by atoms with Gasteiger partial charge < -0.3 is 24.8 Å². The number of ether oxygens (including phenoxy) is 1. The molecule has 2 aliphatic rings. The molecule has 0 aliphatic carbocycles. The fourth-order valence-electron chi connectivity index (χ4n) is 3.38. The van der Waals surface area contributed by atoms with Crippen LogP contribution in [0.1, 0.15) is 6.42 Å². The number of carbonyl (C=O) groups excluding carboxylic acids is 1. The zero-order valence-electron chi connectivity index (χ0n) is 17.1. The van der Waals surface area contributed by atoms with Crippen LogP contribution in [0.15, 0.2) is 29.3 Å². The van der Waals surface area contributed by atoms with Gasteiger partial charge in [-0.2, -0.15) is 0 Å². The van der Waals surface area contributed by atoms with Gasteiger partial charge in [0, 0.05) is 70.1 Å². The lowest BCUT2D eigenvalue weighted by Crippen LogP contribution is -2.53. The van der Waals surface area contributed by atoms with Crippen molar-refractivity contribution in [2.75, 3.05) is 71.5 Å². The van der Waals surface area contributed by atoms with Gasteiger partial charge in [-0.15, -0.1) is 24.0 Å². The number of hydrogen-bond donors (Lipinski definition) is 1. The number of rotatable bonds is 5. The number of aliphatic imine (C=N–C) groups is 1. The van der Waals surface area contributed by atoms with Crippen molar-refractivity contribution in [3.8, 4) is 0 Å². The summed E-state index contributed by atoms with van der Waals surface area (Å²) in [4.78, 5) is 22.7. The second-order valence-corrected chi connectivity index (χ2v) is 7.93. The van der Waals surface area contributed by atoms with Crippen LogP contribution >= 0.6 is 35.6 Å². The molecule has 1 amide bonds. The summed E-state index contributed by atoms with van der Waals surface area (Å²) in [6.07, 6.45) is 1.07. The third-order valence-corrected chi connectivity index (χ3v) is 5.42. The van der Waals surface area contributed by atoms with E-state index in [0.29, 0.717) is 5.92 Å². The van der Waals surface area contributed by atoms with Gasteiger partial charge in [-0.3, -0.25) is 4.79 Å². The highest BCUT2D eigenvalue weighted by atomic mass is 127. The van der Waals surface area contributed by atoms with Gasteiger partial charge in [-0.05, 0) is 24.6 Å². The minimum absolute atomic E-state index is 0. The molecule has 0 aromatic heterocycles. The van der Waals surface area contributed by atoms with E-state index in [1.807, 2.05) is 18.2 Å². The van der Waals surface area contributed by atoms with Crippen molar-refractivity contribution in [2.45, 2.75) is 6.42 Å². The highest BCUT2D eigenvalue weighted by Gasteiger charge is 2.22. The average molecular weight is 536 g/mol. The van der Waals surface area contributed by atoms with Crippen molar-refractivity contribution in [1.82, 2.24) is 15.1 Å². The molecule has 1 aromatic carbocycles. The predicted octanol–water partition coefficient (Wildman–Crippen LogP) is 2.15. The first kappa shape index (κ1) is 24.0. The van der Waals surface area contributed by atoms with Gasteiger partial charge in [0.05, 0.1) is 6.61 Å². The number of amides is 1. The molecule has 2 aliphatic heterocycles. The van der Waals surface area contributed by atoms with Crippen LogP contribution in [0.5, 0.6) is 0 Å². The van der Waals surface area contributed by atoms with Gasteiger partial charge in [0.25, 0.3) is 0 Å². The van der Waals surface area contributed by atoms with Crippen LogP contribution < -0.4 is 10.2 Å². The molecule has 7 nitrogen and oxygen atoms in total. The molecule has 0 radical (unpaired) electrons. The first-order valence-corrected chi connectivity index (χ1v) is 10.2. The van der Waals surface area contributed by atoms with Gasteiger partial charge in [-0.25, -0.2) is 4.99 Å². The molecule has 3 rings (SSSR count). The third-order valence-electron chi connectivity index (χ3n) is 5.19. The Bertz CT molecular complexity index is 689. The SMILES string of the molecule is CN(C)C(=O)CN=C(NCC1CCOC1)N1CCN(c2cccc(Cl)c2)CC1.I. The first-order chi connectivity index (χ1) is 13.5. The molecule has 1 unspecified atom stereocenters. The highest BCUT2D eigenvalue weighted by molar-refractivity contribution is 14.0. The van der Waals surface area contributed by atoms with Gasteiger partial charge in [0.1, 0.15) is 6.54 Å². The predicted molar refractivity (Wildman–Crippen MR) is 129 cm³/mol. The Kier molecular flexibility index (Phi) is 9.78. The molecule has 0 spiro atoms. The maximum Gasteiger partial charge on any atom is 0.243 e. The van der Waals surface area contributed by atoms with E-state index in [9.17, 15) is 4.79 Å². The minimum atomic E-state index is 0.